The van der Waals surface area contributed by atoms with Crippen molar-refractivity contribution in [3.8, 4) is 16.9 Å². The molecule has 146 valence electrons. The minimum Gasteiger partial charge on any atom is -0.383 e. The fraction of sp³-hybridized carbons (Fsp3) is 0.150. The van der Waals surface area contributed by atoms with E-state index in [-0.39, 0.29) is 23.1 Å². The van der Waals surface area contributed by atoms with Crippen molar-refractivity contribution in [2.75, 3.05) is 11.1 Å². The molecule has 2 heterocycles. The first-order chi connectivity index (χ1) is 14.0. The Hall–Kier alpha value is -3.26. The van der Waals surface area contributed by atoms with Crippen LogP contribution in [0.2, 0.25) is 5.02 Å². The lowest BCUT2D eigenvalue weighted by Gasteiger charge is -2.09. The number of benzene rings is 2. The molecule has 2 aromatic carbocycles. The van der Waals surface area contributed by atoms with Crippen LogP contribution in [0.5, 0.6) is 0 Å². The minimum atomic E-state index is -0.735. The predicted molar refractivity (Wildman–Crippen MR) is 108 cm³/mol. The molecule has 1 fully saturated rings. The van der Waals surface area contributed by atoms with E-state index in [1.54, 1.807) is 24.3 Å². The molecule has 3 N–H and O–H groups in total. The van der Waals surface area contributed by atoms with Crippen LogP contribution in [0.25, 0.3) is 28.0 Å². The molecular weight excluding hydrogens is 398 g/mol. The van der Waals surface area contributed by atoms with Crippen LogP contribution in [0, 0.1) is 11.6 Å². The zero-order chi connectivity index (χ0) is 20.1. The highest BCUT2D eigenvalue weighted by Crippen LogP contribution is 2.35. The molecule has 5 rings (SSSR count). The van der Waals surface area contributed by atoms with Gasteiger partial charge < -0.3 is 11.1 Å². The van der Waals surface area contributed by atoms with Gasteiger partial charge in [0.1, 0.15) is 17.5 Å². The third-order valence-electron chi connectivity index (χ3n) is 4.74. The Morgan fingerprint density at radius 3 is 2.52 bits per heavy atom. The molecule has 0 unspecified atom stereocenters. The van der Waals surface area contributed by atoms with Crippen LogP contribution in [0.15, 0.2) is 42.5 Å². The third kappa shape index (κ3) is 3.25. The number of halogens is 3. The number of nitrogen functional groups attached to an aromatic ring is 1. The highest BCUT2D eigenvalue weighted by molar-refractivity contribution is 6.30. The van der Waals surface area contributed by atoms with Crippen LogP contribution in [0.4, 0.5) is 20.5 Å². The van der Waals surface area contributed by atoms with Gasteiger partial charge in [-0.1, -0.05) is 11.6 Å². The van der Waals surface area contributed by atoms with E-state index >= 15 is 0 Å². The number of anilines is 2. The molecule has 0 spiro atoms. The summed E-state index contributed by atoms with van der Waals surface area (Å²) in [4.78, 5) is 8.94. The van der Waals surface area contributed by atoms with E-state index in [1.165, 1.54) is 16.8 Å². The van der Waals surface area contributed by atoms with Crippen LogP contribution in [-0.2, 0) is 0 Å². The summed E-state index contributed by atoms with van der Waals surface area (Å²) in [5.74, 6) is -0.822. The average Bonchev–Trinajstić information content (AvgIpc) is 3.44. The van der Waals surface area contributed by atoms with Crippen LogP contribution in [-0.4, -0.2) is 25.8 Å². The van der Waals surface area contributed by atoms with E-state index in [2.05, 4.69) is 20.4 Å². The fourth-order valence-electron chi connectivity index (χ4n) is 3.14. The van der Waals surface area contributed by atoms with E-state index in [0.29, 0.717) is 27.7 Å². The number of hydrogen-bond acceptors (Lipinski definition) is 5. The van der Waals surface area contributed by atoms with Crippen molar-refractivity contribution in [2.45, 2.75) is 18.9 Å². The first-order valence-electron chi connectivity index (χ1n) is 9.04. The Labute approximate surface area is 169 Å². The van der Waals surface area contributed by atoms with Gasteiger partial charge in [0.2, 0.25) is 5.95 Å². The summed E-state index contributed by atoms with van der Waals surface area (Å²) in [6, 6.07) is 10.6. The highest BCUT2D eigenvalue weighted by atomic mass is 35.5. The number of nitrogens with two attached hydrogens (primary N) is 1. The van der Waals surface area contributed by atoms with Gasteiger partial charge >= 0.3 is 0 Å². The van der Waals surface area contributed by atoms with Crippen LogP contribution < -0.4 is 11.1 Å². The quantitative estimate of drug-likeness (QED) is 0.513. The van der Waals surface area contributed by atoms with Crippen LogP contribution in [0.3, 0.4) is 0 Å². The molecule has 0 bridgehead atoms. The number of hydrogen-bond donors (Lipinski definition) is 2. The zero-order valence-corrected chi connectivity index (χ0v) is 15.8. The van der Waals surface area contributed by atoms with Crippen molar-refractivity contribution in [3.05, 3.63) is 59.1 Å². The lowest BCUT2D eigenvalue weighted by molar-refractivity contribution is 0.585. The molecule has 1 saturated carbocycles. The summed E-state index contributed by atoms with van der Waals surface area (Å²) in [6.45, 7) is 0. The van der Waals surface area contributed by atoms with E-state index in [9.17, 15) is 8.78 Å². The number of nitrogens with one attached hydrogen (secondary N) is 1. The van der Waals surface area contributed by atoms with Gasteiger partial charge in [-0.05, 0) is 49.2 Å². The predicted octanol–water partition coefficient (Wildman–Crippen LogP) is 4.57. The zero-order valence-electron chi connectivity index (χ0n) is 15.0. The van der Waals surface area contributed by atoms with Gasteiger partial charge in [0.05, 0.1) is 16.8 Å². The first kappa shape index (κ1) is 17.8. The maximum atomic E-state index is 14.6. The smallest absolute Gasteiger partial charge is 0.225 e. The van der Waals surface area contributed by atoms with E-state index in [4.69, 9.17) is 17.3 Å². The molecule has 0 atom stereocenters. The summed E-state index contributed by atoms with van der Waals surface area (Å²) in [6.07, 6.45) is 2.03. The number of rotatable bonds is 4. The maximum Gasteiger partial charge on any atom is 0.225 e. The largest absolute Gasteiger partial charge is 0.383 e. The molecule has 0 radical (unpaired) electrons. The molecule has 2 aromatic heterocycles. The Morgan fingerprint density at radius 1 is 1.07 bits per heavy atom. The molecule has 9 heteroatoms. The Balaban J connectivity index is 1.75. The Kier molecular flexibility index (Phi) is 4.09. The average molecular weight is 413 g/mol. The normalized spacial score (nSPS) is 13.8. The second-order valence-corrected chi connectivity index (χ2v) is 7.35. The van der Waals surface area contributed by atoms with Gasteiger partial charge in [-0.15, -0.1) is 5.10 Å². The highest BCUT2D eigenvalue weighted by Gasteiger charge is 2.25. The van der Waals surface area contributed by atoms with E-state index in [0.717, 1.165) is 18.9 Å². The molecule has 1 aliphatic rings. The van der Waals surface area contributed by atoms with Crippen LogP contribution in [0.1, 0.15) is 12.8 Å². The van der Waals surface area contributed by atoms with Crippen LogP contribution >= 0.6 is 11.6 Å². The molecule has 29 heavy (non-hydrogen) atoms. The lowest BCUT2D eigenvalue weighted by atomic mass is 10.1. The Bertz CT molecular complexity index is 1230. The monoisotopic (exact) mass is 412 g/mol. The summed E-state index contributed by atoms with van der Waals surface area (Å²) in [5, 5.41) is 8.67. The minimum absolute atomic E-state index is 0.125. The molecule has 0 amide bonds. The van der Waals surface area contributed by atoms with Gasteiger partial charge in [0.25, 0.3) is 0 Å². The van der Waals surface area contributed by atoms with Crippen molar-refractivity contribution in [2.24, 2.45) is 0 Å². The summed E-state index contributed by atoms with van der Waals surface area (Å²) >= 11 is 5.96. The summed E-state index contributed by atoms with van der Waals surface area (Å²) in [5.41, 5.74) is 7.73. The second kappa shape index (κ2) is 6.66. The van der Waals surface area contributed by atoms with Gasteiger partial charge in [0, 0.05) is 22.7 Å². The van der Waals surface area contributed by atoms with Crippen molar-refractivity contribution in [1.29, 1.82) is 0 Å². The standard InChI is InChI=1S/C20H15ClF2N6/c21-10-1-6-13(7-2-10)29-18(24)16-17(14-8-3-11(22)9-15(14)23)26-20(25-12-4-5-12)27-19(16)28-29/h1-3,6-9,12H,4-5,24H2,(H,25,27,28). The molecule has 1 aliphatic carbocycles. The van der Waals surface area contributed by atoms with Gasteiger partial charge in [-0.3, -0.25) is 0 Å². The number of aromatic nitrogens is 4. The fourth-order valence-corrected chi connectivity index (χ4v) is 3.27. The van der Waals surface area contributed by atoms with Gasteiger partial charge in [0.15, 0.2) is 5.65 Å². The van der Waals surface area contributed by atoms with Crippen molar-refractivity contribution in [3.63, 3.8) is 0 Å². The Morgan fingerprint density at radius 2 is 1.83 bits per heavy atom. The first-order valence-corrected chi connectivity index (χ1v) is 9.41. The molecule has 4 aromatic rings. The summed E-state index contributed by atoms with van der Waals surface area (Å²) < 4.78 is 29.5. The number of nitrogens with zero attached hydrogens (tertiary/aromatic N) is 4. The maximum absolute atomic E-state index is 14.6. The second-order valence-electron chi connectivity index (χ2n) is 6.91. The van der Waals surface area contributed by atoms with E-state index < -0.39 is 11.6 Å². The van der Waals surface area contributed by atoms with E-state index in [1.807, 2.05) is 0 Å². The van der Waals surface area contributed by atoms with Crippen molar-refractivity contribution < 1.29 is 8.78 Å². The number of fused-ring (bicyclic) bond motifs is 1. The topological polar surface area (TPSA) is 81.7 Å². The lowest BCUT2D eigenvalue weighted by Crippen LogP contribution is -2.07. The van der Waals surface area contributed by atoms with Crippen molar-refractivity contribution >= 4 is 34.4 Å². The summed E-state index contributed by atoms with van der Waals surface area (Å²) in [7, 11) is 0. The van der Waals surface area contributed by atoms with Crippen molar-refractivity contribution in [1.82, 2.24) is 19.7 Å². The molecule has 0 saturated heterocycles. The molecule has 6 nitrogen and oxygen atoms in total. The third-order valence-corrected chi connectivity index (χ3v) is 4.99. The van der Waals surface area contributed by atoms with Gasteiger partial charge in [-0.2, -0.15) is 4.98 Å². The molecule has 0 aliphatic heterocycles. The molecular formula is C20H15ClF2N6. The SMILES string of the molecule is Nc1c2c(-c3ccc(F)cc3F)nc(NC3CC3)nc2nn1-c1ccc(Cl)cc1. The van der Waals surface area contributed by atoms with Gasteiger partial charge in [-0.25, -0.2) is 18.4 Å².